The van der Waals surface area contributed by atoms with Gasteiger partial charge in [0.2, 0.25) is 5.91 Å². The van der Waals surface area contributed by atoms with Crippen LogP contribution in [0, 0.1) is 0 Å². The molecule has 0 aliphatic heterocycles. The van der Waals surface area contributed by atoms with Gasteiger partial charge in [0.1, 0.15) is 6.04 Å². The third kappa shape index (κ3) is 7.19. The summed E-state index contributed by atoms with van der Waals surface area (Å²) >= 11 is 11.9. The van der Waals surface area contributed by atoms with Gasteiger partial charge in [0.05, 0.1) is 25.7 Å². The normalized spacial score (nSPS) is 13.0. The fourth-order valence-corrected chi connectivity index (χ4v) is 2.98. The maximum Gasteiger partial charge on any atom is 0.305 e. The van der Waals surface area contributed by atoms with Gasteiger partial charge in [-0.25, -0.2) is 0 Å². The van der Waals surface area contributed by atoms with Gasteiger partial charge in [-0.1, -0.05) is 53.5 Å². The van der Waals surface area contributed by atoms with Crippen LogP contribution in [0.1, 0.15) is 23.6 Å². The second-order valence-corrected chi connectivity index (χ2v) is 6.84. The molecule has 0 radical (unpaired) electrons. The van der Waals surface area contributed by atoms with E-state index in [9.17, 15) is 9.59 Å². The van der Waals surface area contributed by atoms with Crippen LogP contribution < -0.4 is 11.1 Å². The van der Waals surface area contributed by atoms with Crippen LogP contribution in [0.25, 0.3) is 0 Å². The molecule has 1 amide bonds. The average Bonchev–Trinajstić information content (AvgIpc) is 2.60. The molecule has 0 aliphatic carbocycles. The summed E-state index contributed by atoms with van der Waals surface area (Å²) in [5, 5.41) is 12.4. The zero-order valence-electron chi connectivity index (χ0n) is 14.4. The van der Waals surface area contributed by atoms with E-state index in [4.69, 9.17) is 38.8 Å². The number of carbonyl (C=O) groups is 2. The lowest BCUT2D eigenvalue weighted by Gasteiger charge is -2.20. The van der Waals surface area contributed by atoms with E-state index in [1.54, 1.807) is 12.1 Å². The van der Waals surface area contributed by atoms with Crippen molar-refractivity contribution in [3.05, 3.63) is 69.7 Å². The van der Waals surface area contributed by atoms with Gasteiger partial charge in [0.15, 0.2) is 0 Å². The molecule has 27 heavy (non-hydrogen) atoms. The Hall–Kier alpha value is -2.12. The molecule has 0 fully saturated rings. The first-order chi connectivity index (χ1) is 12.8. The van der Waals surface area contributed by atoms with Crippen LogP contribution in [-0.4, -0.2) is 29.6 Å². The minimum atomic E-state index is -1.08. The van der Waals surface area contributed by atoms with Crippen molar-refractivity contribution >= 4 is 35.1 Å². The Bertz CT molecular complexity index is 766. The van der Waals surface area contributed by atoms with Gasteiger partial charge in [0, 0.05) is 10.0 Å². The first-order valence-corrected chi connectivity index (χ1v) is 8.96. The molecule has 0 aliphatic rings. The molecule has 1 unspecified atom stereocenters. The van der Waals surface area contributed by atoms with Gasteiger partial charge in [0.25, 0.3) is 0 Å². The largest absolute Gasteiger partial charge is 0.481 e. The van der Waals surface area contributed by atoms with Crippen molar-refractivity contribution in [1.29, 1.82) is 0 Å². The molecule has 0 spiro atoms. The predicted molar refractivity (Wildman–Crippen MR) is 104 cm³/mol. The topological polar surface area (TPSA) is 102 Å². The number of carboxylic acid groups (broad SMARTS) is 1. The molecule has 4 N–H and O–H groups in total. The number of ether oxygens (including phenoxy) is 1. The summed E-state index contributed by atoms with van der Waals surface area (Å²) < 4.78 is 5.46. The van der Waals surface area contributed by atoms with Crippen LogP contribution in [0.5, 0.6) is 0 Å². The van der Waals surface area contributed by atoms with Crippen LogP contribution in [0.4, 0.5) is 0 Å². The van der Waals surface area contributed by atoms with E-state index in [0.29, 0.717) is 22.2 Å². The molecular weight excluding hydrogens is 391 g/mol. The van der Waals surface area contributed by atoms with Crippen molar-refractivity contribution in [3.63, 3.8) is 0 Å². The van der Waals surface area contributed by atoms with Crippen LogP contribution in [0.3, 0.4) is 0 Å². The summed E-state index contributed by atoms with van der Waals surface area (Å²) in [6.07, 6.45) is -0.333. The van der Waals surface area contributed by atoms with Crippen molar-refractivity contribution in [2.45, 2.75) is 25.1 Å². The molecule has 0 bridgehead atoms. The van der Waals surface area contributed by atoms with E-state index < -0.39 is 24.0 Å². The zero-order valence-corrected chi connectivity index (χ0v) is 15.9. The van der Waals surface area contributed by atoms with E-state index in [1.807, 2.05) is 30.3 Å². The molecule has 2 aromatic rings. The van der Waals surface area contributed by atoms with Crippen molar-refractivity contribution in [1.82, 2.24) is 5.32 Å². The highest BCUT2D eigenvalue weighted by Gasteiger charge is 2.22. The number of carbonyl (C=O) groups excluding carboxylic acids is 1. The molecule has 2 rings (SSSR count). The van der Waals surface area contributed by atoms with Crippen LogP contribution in [0.2, 0.25) is 10.0 Å². The summed E-state index contributed by atoms with van der Waals surface area (Å²) in [6, 6.07) is 12.3. The van der Waals surface area contributed by atoms with Crippen molar-refractivity contribution in [3.8, 4) is 0 Å². The fourth-order valence-electron chi connectivity index (χ4n) is 2.44. The van der Waals surface area contributed by atoms with E-state index in [0.717, 1.165) is 5.56 Å². The molecule has 144 valence electrons. The lowest BCUT2D eigenvalue weighted by Crippen LogP contribution is -2.45. The average molecular weight is 411 g/mol. The fraction of sp³-hybridized carbons (Fsp3) is 0.263. The number of carboxylic acids is 1. The lowest BCUT2D eigenvalue weighted by atomic mass is 10.0. The molecular formula is C19H20Cl2N2O4. The Balaban J connectivity index is 1.96. The van der Waals surface area contributed by atoms with Gasteiger partial charge in [-0.05, 0) is 29.3 Å². The number of benzene rings is 2. The number of amides is 1. The molecule has 0 saturated carbocycles. The minimum Gasteiger partial charge on any atom is -0.481 e. The smallest absolute Gasteiger partial charge is 0.305 e. The van der Waals surface area contributed by atoms with E-state index in [-0.39, 0.29) is 13.0 Å². The van der Waals surface area contributed by atoms with Gasteiger partial charge in [-0.15, -0.1) is 0 Å². The number of rotatable bonds is 9. The number of halogens is 2. The molecule has 2 atom stereocenters. The zero-order chi connectivity index (χ0) is 19.8. The molecule has 0 saturated heterocycles. The third-order valence-electron chi connectivity index (χ3n) is 3.73. The van der Waals surface area contributed by atoms with Gasteiger partial charge in [-0.3, -0.25) is 9.59 Å². The first-order valence-electron chi connectivity index (χ1n) is 8.20. The Morgan fingerprint density at radius 1 is 1.11 bits per heavy atom. The Morgan fingerprint density at radius 2 is 1.74 bits per heavy atom. The highest BCUT2D eigenvalue weighted by atomic mass is 35.5. The Morgan fingerprint density at radius 3 is 2.33 bits per heavy atom. The Labute approximate surface area is 167 Å². The second kappa shape index (κ2) is 10.3. The van der Waals surface area contributed by atoms with Gasteiger partial charge >= 0.3 is 5.97 Å². The third-order valence-corrected chi connectivity index (χ3v) is 4.16. The van der Waals surface area contributed by atoms with Crippen LogP contribution in [0.15, 0.2) is 48.5 Å². The summed E-state index contributed by atoms with van der Waals surface area (Å²) in [5.41, 5.74) is 7.31. The van der Waals surface area contributed by atoms with Crippen LogP contribution >= 0.6 is 23.2 Å². The quantitative estimate of drug-likeness (QED) is 0.589. The maximum atomic E-state index is 12.3. The molecule has 6 nitrogen and oxygen atoms in total. The van der Waals surface area contributed by atoms with Crippen molar-refractivity contribution < 1.29 is 19.4 Å². The summed E-state index contributed by atoms with van der Waals surface area (Å²) in [5.74, 6) is -1.60. The van der Waals surface area contributed by atoms with Gasteiger partial charge < -0.3 is 20.9 Å². The maximum absolute atomic E-state index is 12.3. The van der Waals surface area contributed by atoms with E-state index in [2.05, 4.69) is 5.32 Å². The summed E-state index contributed by atoms with van der Waals surface area (Å²) in [6.45, 7) is 0.321. The number of nitrogens with one attached hydrogen (secondary N) is 1. The van der Waals surface area contributed by atoms with Gasteiger partial charge in [-0.2, -0.15) is 0 Å². The van der Waals surface area contributed by atoms with Crippen molar-refractivity contribution in [2.75, 3.05) is 6.61 Å². The summed E-state index contributed by atoms with van der Waals surface area (Å²) in [7, 11) is 0. The minimum absolute atomic E-state index is 0.00315. The predicted octanol–water partition coefficient (Wildman–Crippen LogP) is 3.17. The van der Waals surface area contributed by atoms with Crippen molar-refractivity contribution in [2.24, 2.45) is 5.73 Å². The highest BCUT2D eigenvalue weighted by molar-refractivity contribution is 6.34. The Kier molecular flexibility index (Phi) is 8.06. The monoisotopic (exact) mass is 410 g/mol. The van der Waals surface area contributed by atoms with Crippen LogP contribution in [-0.2, 0) is 20.9 Å². The SMILES string of the molecule is N[C@@H](COCc1ccccc1)C(=O)NC(CC(=O)O)c1cc(Cl)cc(Cl)c1. The highest BCUT2D eigenvalue weighted by Crippen LogP contribution is 2.25. The summed E-state index contributed by atoms with van der Waals surface area (Å²) in [4.78, 5) is 23.5. The number of nitrogens with two attached hydrogens (primary N) is 1. The molecule has 0 heterocycles. The van der Waals surface area contributed by atoms with E-state index in [1.165, 1.54) is 6.07 Å². The standard InChI is InChI=1S/C19H20Cl2N2O4/c20-14-6-13(7-15(21)8-14)17(9-18(24)25)23-19(26)16(22)11-27-10-12-4-2-1-3-5-12/h1-8,16-17H,9-11,22H2,(H,23,26)(H,24,25)/t16-,17?/m0/s1. The lowest BCUT2D eigenvalue weighted by molar-refractivity contribution is -0.137. The molecule has 2 aromatic carbocycles. The molecule has 0 aromatic heterocycles. The molecule has 8 heteroatoms. The number of aliphatic carboxylic acids is 1. The first kappa shape index (κ1) is 21.2. The number of hydrogen-bond donors (Lipinski definition) is 3. The second-order valence-electron chi connectivity index (χ2n) is 5.97. The van der Waals surface area contributed by atoms with E-state index >= 15 is 0 Å². The number of hydrogen-bond acceptors (Lipinski definition) is 4.